The van der Waals surface area contributed by atoms with Crippen LogP contribution in [0, 0.1) is 0 Å². The van der Waals surface area contributed by atoms with Gasteiger partial charge in [0.15, 0.2) is 11.5 Å². The van der Waals surface area contributed by atoms with E-state index in [4.69, 9.17) is 0 Å². The first-order chi connectivity index (χ1) is 15.1. The summed E-state index contributed by atoms with van der Waals surface area (Å²) in [5.41, 5.74) is -3.85. The zero-order chi connectivity index (χ0) is 24.9. The molecule has 33 heavy (non-hydrogen) atoms. The summed E-state index contributed by atoms with van der Waals surface area (Å²) in [6.45, 7) is 3.84. The summed E-state index contributed by atoms with van der Waals surface area (Å²) in [5.74, 6) is -7.22. The number of hydrogen-bond acceptors (Lipinski definition) is 4. The highest BCUT2D eigenvalue weighted by molar-refractivity contribution is 8.03. The van der Waals surface area contributed by atoms with Crippen LogP contribution in [-0.4, -0.2) is 38.2 Å². The Morgan fingerprint density at radius 1 is 1.21 bits per heavy atom. The van der Waals surface area contributed by atoms with Crippen LogP contribution in [0.1, 0.15) is 42.3 Å². The standard InChI is InChI=1S/C18H17F8N5OS/c1-4-27-14(32)10-5-11(33-8(10)2)9-6-28-31(7-9)15-12(17(21,22)23)13(29-30(15)3)16(19,20)18(24,25)26/h6-7,11H,4-5H2,1-3H3,(H,27,32). The van der Waals surface area contributed by atoms with E-state index < -0.39 is 40.6 Å². The second-order valence-corrected chi connectivity index (χ2v) is 8.58. The SMILES string of the molecule is CCNC(=O)C1=C(C)SC(c2cnn(-c3c(C(F)(F)F)c(C(F)(F)C(F)(F)F)nn3C)c2)C1. The third kappa shape index (κ3) is 4.46. The zero-order valence-electron chi connectivity index (χ0n) is 17.3. The summed E-state index contributed by atoms with van der Waals surface area (Å²) < 4.78 is 108. The van der Waals surface area contributed by atoms with Crippen molar-refractivity contribution < 1.29 is 39.9 Å². The molecule has 1 atom stereocenters. The lowest BCUT2D eigenvalue weighted by molar-refractivity contribution is -0.292. The predicted octanol–water partition coefficient (Wildman–Crippen LogP) is 4.87. The first kappa shape index (κ1) is 25.1. The van der Waals surface area contributed by atoms with Gasteiger partial charge in [0.25, 0.3) is 0 Å². The topological polar surface area (TPSA) is 64.7 Å². The number of halogens is 8. The van der Waals surface area contributed by atoms with Crippen molar-refractivity contribution >= 4 is 17.7 Å². The van der Waals surface area contributed by atoms with Crippen molar-refractivity contribution in [3.05, 3.63) is 39.7 Å². The van der Waals surface area contributed by atoms with Crippen LogP contribution in [0.2, 0.25) is 0 Å². The van der Waals surface area contributed by atoms with Gasteiger partial charge >= 0.3 is 18.3 Å². The van der Waals surface area contributed by atoms with Crippen LogP contribution in [0.4, 0.5) is 35.1 Å². The number of aryl methyl sites for hydroxylation is 1. The molecule has 3 rings (SSSR count). The molecule has 0 aromatic carbocycles. The second-order valence-electron chi connectivity index (χ2n) is 7.16. The van der Waals surface area contributed by atoms with E-state index in [0.717, 1.165) is 13.2 Å². The van der Waals surface area contributed by atoms with Crippen LogP contribution in [-0.2, 0) is 23.9 Å². The lowest BCUT2D eigenvalue weighted by Gasteiger charge is -2.19. The van der Waals surface area contributed by atoms with Gasteiger partial charge in [-0.2, -0.15) is 45.3 Å². The number of nitrogens with zero attached hydrogens (tertiary/aromatic N) is 4. The maximum absolute atomic E-state index is 13.9. The number of carbonyl (C=O) groups is 1. The third-order valence-electron chi connectivity index (χ3n) is 4.89. The fraction of sp³-hybridized carbons (Fsp3) is 0.500. The molecule has 15 heteroatoms. The molecular formula is C18H17F8N5OS. The van der Waals surface area contributed by atoms with Gasteiger partial charge in [-0.15, -0.1) is 11.8 Å². The molecule has 2 aromatic rings. The number of thioether (sulfide) groups is 1. The van der Waals surface area contributed by atoms with E-state index in [1.165, 1.54) is 18.0 Å². The molecule has 0 saturated carbocycles. The van der Waals surface area contributed by atoms with Gasteiger partial charge in [-0.1, -0.05) is 0 Å². The molecule has 1 amide bonds. The van der Waals surface area contributed by atoms with Crippen LogP contribution >= 0.6 is 11.8 Å². The molecule has 1 N–H and O–H groups in total. The van der Waals surface area contributed by atoms with E-state index >= 15 is 0 Å². The van der Waals surface area contributed by atoms with Gasteiger partial charge in [-0.25, -0.2) is 9.36 Å². The number of nitrogens with one attached hydrogen (secondary N) is 1. The summed E-state index contributed by atoms with van der Waals surface area (Å²) in [5, 5.41) is 8.86. The molecule has 0 spiro atoms. The van der Waals surface area contributed by atoms with Crippen molar-refractivity contribution in [2.24, 2.45) is 7.05 Å². The molecule has 0 fully saturated rings. The molecule has 3 heterocycles. The first-order valence-electron chi connectivity index (χ1n) is 9.38. The molecule has 1 aliphatic heterocycles. The van der Waals surface area contributed by atoms with E-state index in [-0.39, 0.29) is 17.0 Å². The summed E-state index contributed by atoms with van der Waals surface area (Å²) in [7, 11) is 0.811. The molecule has 1 unspecified atom stereocenters. The van der Waals surface area contributed by atoms with Crippen molar-refractivity contribution in [2.75, 3.05) is 6.54 Å². The van der Waals surface area contributed by atoms with E-state index in [1.807, 2.05) is 0 Å². The lowest BCUT2D eigenvalue weighted by Crippen LogP contribution is -2.36. The normalized spacial score (nSPS) is 17.7. The molecule has 0 saturated heterocycles. The fourth-order valence-corrected chi connectivity index (χ4v) is 4.63. The summed E-state index contributed by atoms with van der Waals surface area (Å²) >= 11 is 1.27. The number of likely N-dealkylation sites (N-methyl/N-ethyl adjacent to an activating group) is 1. The van der Waals surface area contributed by atoms with E-state index in [0.29, 0.717) is 27.3 Å². The highest BCUT2D eigenvalue weighted by atomic mass is 32.2. The number of allylic oxidation sites excluding steroid dienone is 1. The molecule has 0 aliphatic carbocycles. The molecule has 182 valence electrons. The van der Waals surface area contributed by atoms with Crippen molar-refractivity contribution in [1.29, 1.82) is 0 Å². The second kappa shape index (κ2) is 8.33. The molecule has 6 nitrogen and oxygen atoms in total. The van der Waals surface area contributed by atoms with Gasteiger partial charge in [-0.05, 0) is 25.2 Å². The number of rotatable bonds is 5. The van der Waals surface area contributed by atoms with Gasteiger partial charge in [0.2, 0.25) is 5.91 Å². The van der Waals surface area contributed by atoms with Gasteiger partial charge in [0.05, 0.1) is 6.20 Å². The van der Waals surface area contributed by atoms with Crippen LogP contribution in [0.3, 0.4) is 0 Å². The average Bonchev–Trinajstić information content (AvgIpc) is 3.36. The molecule has 2 aromatic heterocycles. The maximum atomic E-state index is 13.9. The van der Waals surface area contributed by atoms with Crippen molar-refractivity contribution in [1.82, 2.24) is 24.9 Å². The van der Waals surface area contributed by atoms with Crippen LogP contribution in [0.5, 0.6) is 0 Å². The fourth-order valence-electron chi connectivity index (χ4n) is 3.37. The van der Waals surface area contributed by atoms with Crippen LogP contribution < -0.4 is 5.32 Å². The Bertz CT molecular complexity index is 1100. The molecule has 0 radical (unpaired) electrons. The Morgan fingerprint density at radius 2 is 1.85 bits per heavy atom. The average molecular weight is 503 g/mol. The monoisotopic (exact) mass is 503 g/mol. The number of carbonyl (C=O) groups excluding carboxylic acids is 1. The van der Waals surface area contributed by atoms with Gasteiger partial charge < -0.3 is 5.32 Å². The quantitative estimate of drug-likeness (QED) is 0.592. The van der Waals surface area contributed by atoms with Crippen LogP contribution in [0.15, 0.2) is 22.9 Å². The summed E-state index contributed by atoms with van der Waals surface area (Å²) in [6.07, 6.45) is -9.37. The minimum Gasteiger partial charge on any atom is -0.353 e. The summed E-state index contributed by atoms with van der Waals surface area (Å²) in [4.78, 5) is 12.8. The number of aromatic nitrogens is 4. The Morgan fingerprint density at radius 3 is 2.39 bits per heavy atom. The van der Waals surface area contributed by atoms with Crippen molar-refractivity contribution in [2.45, 2.75) is 43.8 Å². The van der Waals surface area contributed by atoms with E-state index in [9.17, 15) is 39.9 Å². The molecular weight excluding hydrogens is 486 g/mol. The van der Waals surface area contributed by atoms with Crippen molar-refractivity contribution in [3.63, 3.8) is 0 Å². The Hall–Kier alpha value is -2.58. The maximum Gasteiger partial charge on any atom is 0.459 e. The Kier molecular flexibility index (Phi) is 6.32. The highest BCUT2D eigenvalue weighted by Gasteiger charge is 2.64. The minimum atomic E-state index is -6.28. The molecule has 0 bridgehead atoms. The largest absolute Gasteiger partial charge is 0.459 e. The predicted molar refractivity (Wildman–Crippen MR) is 102 cm³/mol. The van der Waals surface area contributed by atoms with E-state index in [1.54, 1.807) is 13.8 Å². The highest BCUT2D eigenvalue weighted by Crippen LogP contribution is 2.50. The lowest BCUT2D eigenvalue weighted by atomic mass is 10.1. The number of amides is 1. The van der Waals surface area contributed by atoms with Gasteiger partial charge in [0, 0.05) is 36.2 Å². The zero-order valence-corrected chi connectivity index (χ0v) is 18.1. The minimum absolute atomic E-state index is 0.239. The Balaban J connectivity index is 2.03. The smallest absolute Gasteiger partial charge is 0.353 e. The summed E-state index contributed by atoms with van der Waals surface area (Å²) in [6, 6.07) is 0. The first-order valence-corrected chi connectivity index (χ1v) is 10.3. The third-order valence-corrected chi connectivity index (χ3v) is 6.21. The van der Waals surface area contributed by atoms with Gasteiger partial charge in [0.1, 0.15) is 5.56 Å². The molecule has 1 aliphatic rings. The van der Waals surface area contributed by atoms with Gasteiger partial charge in [-0.3, -0.25) is 4.79 Å². The number of alkyl halides is 8. The van der Waals surface area contributed by atoms with Crippen molar-refractivity contribution in [3.8, 4) is 5.82 Å². The number of hydrogen-bond donors (Lipinski definition) is 1. The van der Waals surface area contributed by atoms with E-state index in [2.05, 4.69) is 15.5 Å². The Labute approximate surface area is 186 Å². The van der Waals surface area contributed by atoms with Crippen LogP contribution in [0.25, 0.3) is 5.82 Å².